The molecule has 3 aliphatic rings. The highest BCUT2D eigenvalue weighted by molar-refractivity contribution is 6.74. The summed E-state index contributed by atoms with van der Waals surface area (Å²) in [7, 11) is 2.49. The second-order valence-corrected chi connectivity index (χ2v) is 22.5. The van der Waals surface area contributed by atoms with Gasteiger partial charge in [-0.25, -0.2) is 0 Å². The summed E-state index contributed by atoms with van der Waals surface area (Å²) in [4.78, 5) is 0. The van der Waals surface area contributed by atoms with Crippen LogP contribution in [0, 0.1) is 0 Å². The summed E-state index contributed by atoms with van der Waals surface area (Å²) < 4.78 is 9.94. The van der Waals surface area contributed by atoms with Crippen molar-refractivity contribution in [3.63, 3.8) is 0 Å². The number of hydrogen-bond donors (Lipinski definition) is 1. The quantitative estimate of drug-likeness (QED) is 0.180. The number of aromatic nitrogens is 1. The van der Waals surface area contributed by atoms with E-state index in [1.54, 1.807) is 0 Å². The maximum atomic E-state index is 7.34. The second kappa shape index (κ2) is 13.0. The normalized spacial score (nSPS) is 15.2. The van der Waals surface area contributed by atoms with Gasteiger partial charge in [0, 0.05) is 66.1 Å². The lowest BCUT2D eigenvalue weighted by molar-refractivity contribution is 0.590. The molecule has 321 valence electrons. The van der Waals surface area contributed by atoms with Crippen molar-refractivity contribution in [2.45, 2.75) is 90.9 Å². The molecule has 2 aliphatic carbocycles. The number of rotatable bonds is 3. The van der Waals surface area contributed by atoms with E-state index in [2.05, 4.69) is 226 Å². The lowest BCUT2D eigenvalue weighted by Crippen LogP contribution is -2.38. The Morgan fingerprint density at radius 1 is 0.530 bits per heavy atom. The molecule has 4 heteroatoms. The van der Waals surface area contributed by atoms with Crippen molar-refractivity contribution in [3.8, 4) is 39.1 Å². The summed E-state index contributed by atoms with van der Waals surface area (Å²) in [6.45, 7) is 23.3. The predicted octanol–water partition coefficient (Wildman–Crippen LogP) is 15.3. The van der Waals surface area contributed by atoms with Gasteiger partial charge in [0.05, 0.1) is 5.52 Å². The molecule has 2 aromatic heterocycles. The highest BCUT2D eigenvalue weighted by Crippen LogP contribution is 2.55. The molecule has 3 nitrogen and oxygen atoms in total. The Bertz CT molecular complexity index is 3770. The number of fused-ring (bicyclic) bond motifs is 15. The molecule has 3 heterocycles. The molecule has 10 aromatic rings. The standard InChI is InChI=1S/C62H54BN2O/c1-59(2,3)34-23-26-36(27-24-34)64-49-32-46-40(37-17-11-14-20-44(37)61(46,7)8)30-42(49)55-56-57-53(54-39-19-13-16-22-52(39)66-58(54)55)43-29-35(60(4,5)6)25-28-50(43)65(57)51-33-47-41(31-48(51)63-56)38-18-12-15-21-45(38)62(47,9)10/h11-33,64H,1-10H3. The number of anilines is 2. The molecule has 0 fully saturated rings. The van der Waals surface area contributed by atoms with E-state index in [9.17, 15) is 0 Å². The van der Waals surface area contributed by atoms with E-state index in [4.69, 9.17) is 4.42 Å². The van der Waals surface area contributed by atoms with Crippen LogP contribution in [0.15, 0.2) is 144 Å². The first-order valence-corrected chi connectivity index (χ1v) is 23.8. The summed E-state index contributed by atoms with van der Waals surface area (Å²) in [6.07, 6.45) is 0. The van der Waals surface area contributed by atoms with Gasteiger partial charge in [-0.05, 0) is 120 Å². The lowest BCUT2D eigenvalue weighted by Gasteiger charge is -2.28. The molecule has 1 aliphatic heterocycles. The Kier molecular flexibility index (Phi) is 7.78. The maximum Gasteiger partial charge on any atom is 0.198 e. The average molecular weight is 854 g/mol. The van der Waals surface area contributed by atoms with Crippen LogP contribution in [-0.4, -0.2) is 11.8 Å². The van der Waals surface area contributed by atoms with Crippen LogP contribution in [0.2, 0.25) is 0 Å². The molecule has 1 N–H and O–H groups in total. The van der Waals surface area contributed by atoms with Crippen LogP contribution in [0.1, 0.15) is 103 Å². The van der Waals surface area contributed by atoms with Crippen molar-refractivity contribution >= 4 is 73.3 Å². The number of nitrogens with one attached hydrogen (secondary N) is 1. The molecular formula is C62H54BN2O. The highest BCUT2D eigenvalue weighted by Gasteiger charge is 2.40. The smallest absolute Gasteiger partial charge is 0.198 e. The zero-order valence-corrected chi connectivity index (χ0v) is 39.7. The fourth-order valence-electron chi connectivity index (χ4n) is 12.1. The first kappa shape index (κ1) is 39.6. The van der Waals surface area contributed by atoms with Crippen molar-refractivity contribution in [3.05, 3.63) is 173 Å². The van der Waals surface area contributed by atoms with E-state index >= 15 is 0 Å². The topological polar surface area (TPSA) is 30.1 Å². The Hall–Kier alpha value is -6.78. The van der Waals surface area contributed by atoms with Crippen molar-refractivity contribution in [1.82, 2.24) is 4.57 Å². The molecule has 66 heavy (non-hydrogen) atoms. The zero-order chi connectivity index (χ0) is 45.4. The van der Waals surface area contributed by atoms with E-state index in [1.807, 2.05) is 0 Å². The van der Waals surface area contributed by atoms with E-state index in [1.165, 1.54) is 99.4 Å². The van der Waals surface area contributed by atoms with E-state index in [-0.39, 0.29) is 21.7 Å². The van der Waals surface area contributed by atoms with Gasteiger partial charge in [-0.1, -0.05) is 166 Å². The van der Waals surface area contributed by atoms with E-state index in [0.29, 0.717) is 0 Å². The Morgan fingerprint density at radius 3 is 1.82 bits per heavy atom. The van der Waals surface area contributed by atoms with Crippen LogP contribution in [0.25, 0.3) is 82.8 Å². The van der Waals surface area contributed by atoms with Crippen molar-refractivity contribution < 1.29 is 4.42 Å². The summed E-state index contributed by atoms with van der Waals surface area (Å²) in [5.41, 5.74) is 25.2. The summed E-state index contributed by atoms with van der Waals surface area (Å²) >= 11 is 0. The van der Waals surface area contributed by atoms with E-state index in [0.717, 1.165) is 39.1 Å². The molecule has 0 saturated carbocycles. The van der Waals surface area contributed by atoms with Crippen LogP contribution in [0.4, 0.5) is 11.4 Å². The van der Waals surface area contributed by atoms with Gasteiger partial charge < -0.3 is 14.3 Å². The number of furan rings is 1. The molecule has 13 rings (SSSR count). The van der Waals surface area contributed by atoms with Gasteiger partial charge in [0.15, 0.2) is 7.28 Å². The Morgan fingerprint density at radius 2 is 1.14 bits per heavy atom. The third kappa shape index (κ3) is 5.27. The van der Waals surface area contributed by atoms with Crippen LogP contribution in [0.5, 0.6) is 0 Å². The molecule has 0 atom stereocenters. The minimum Gasteiger partial charge on any atom is -0.455 e. The van der Waals surface area contributed by atoms with Gasteiger partial charge in [0.1, 0.15) is 11.2 Å². The molecule has 0 amide bonds. The molecule has 0 saturated heterocycles. The van der Waals surface area contributed by atoms with Crippen LogP contribution >= 0.6 is 0 Å². The minimum atomic E-state index is -0.184. The number of benzene rings is 8. The average Bonchev–Trinajstić information content (AvgIpc) is 3.97. The Labute approximate surface area is 388 Å². The number of para-hydroxylation sites is 1. The SMILES string of the molecule is CC(C)(C)c1ccc(Nc2cc3c(cc2-c2c4c5c(c6cc(C(C)(C)C)ccc6n5-c5cc6c(cc5[B]4)-c4ccccc4C6(C)C)c4c2oc2ccccc24)-c2ccccc2C3(C)C)cc1. The molecular weight excluding hydrogens is 800 g/mol. The summed E-state index contributed by atoms with van der Waals surface area (Å²) in [5.74, 6) is 0. The largest absolute Gasteiger partial charge is 0.455 e. The van der Waals surface area contributed by atoms with E-state index < -0.39 is 0 Å². The van der Waals surface area contributed by atoms with Crippen LogP contribution < -0.4 is 16.2 Å². The summed E-state index contributed by atoms with van der Waals surface area (Å²) in [6, 6.07) is 52.8. The fraction of sp³-hybridized carbons (Fsp3) is 0.226. The highest BCUT2D eigenvalue weighted by atomic mass is 16.3. The van der Waals surface area contributed by atoms with Crippen molar-refractivity contribution in [2.24, 2.45) is 0 Å². The molecule has 8 aromatic carbocycles. The van der Waals surface area contributed by atoms with Gasteiger partial charge in [0.25, 0.3) is 0 Å². The van der Waals surface area contributed by atoms with Gasteiger partial charge >= 0.3 is 0 Å². The second-order valence-electron chi connectivity index (χ2n) is 22.5. The van der Waals surface area contributed by atoms with Gasteiger partial charge in [-0.3, -0.25) is 0 Å². The number of nitrogens with zero attached hydrogens (tertiary/aromatic N) is 1. The molecule has 0 unspecified atom stereocenters. The third-order valence-corrected chi connectivity index (χ3v) is 15.7. The fourth-order valence-corrected chi connectivity index (χ4v) is 12.1. The summed E-state index contributed by atoms with van der Waals surface area (Å²) in [5, 5.41) is 8.85. The van der Waals surface area contributed by atoms with Crippen LogP contribution in [0.3, 0.4) is 0 Å². The minimum absolute atomic E-state index is 0.0378. The van der Waals surface area contributed by atoms with Gasteiger partial charge in [0.2, 0.25) is 0 Å². The van der Waals surface area contributed by atoms with Gasteiger partial charge in [-0.2, -0.15) is 0 Å². The predicted molar refractivity (Wildman–Crippen MR) is 281 cm³/mol. The lowest BCUT2D eigenvalue weighted by atomic mass is 9.58. The first-order chi connectivity index (χ1) is 31.5. The maximum absolute atomic E-state index is 7.34. The molecule has 0 spiro atoms. The Balaban J connectivity index is 1.19. The molecule has 0 bridgehead atoms. The van der Waals surface area contributed by atoms with Crippen molar-refractivity contribution in [2.75, 3.05) is 5.32 Å². The zero-order valence-electron chi connectivity index (χ0n) is 39.7. The monoisotopic (exact) mass is 853 g/mol. The van der Waals surface area contributed by atoms with Crippen LogP contribution in [-0.2, 0) is 21.7 Å². The first-order valence-electron chi connectivity index (χ1n) is 23.8. The molecule has 1 radical (unpaired) electrons. The third-order valence-electron chi connectivity index (χ3n) is 15.7. The number of hydrogen-bond acceptors (Lipinski definition) is 2. The van der Waals surface area contributed by atoms with Crippen molar-refractivity contribution in [1.29, 1.82) is 0 Å². The van der Waals surface area contributed by atoms with Gasteiger partial charge in [-0.15, -0.1) is 0 Å².